The average Bonchev–Trinajstić information content (AvgIpc) is 3.06. The van der Waals surface area contributed by atoms with Gasteiger partial charge in [-0.25, -0.2) is 4.79 Å². The number of ether oxygens (including phenoxy) is 1. The Labute approximate surface area is 179 Å². The van der Waals surface area contributed by atoms with E-state index >= 15 is 0 Å². The van der Waals surface area contributed by atoms with Gasteiger partial charge in [-0.15, -0.1) is 0 Å². The first-order chi connectivity index (χ1) is 13.5. The van der Waals surface area contributed by atoms with Crippen LogP contribution in [0.3, 0.4) is 0 Å². The molecule has 3 rings (SSSR count). The normalized spacial score (nSPS) is 16.8. The number of nitrogens with zero attached hydrogens (tertiary/aromatic N) is 3. The van der Waals surface area contributed by atoms with Crippen LogP contribution in [0.25, 0.3) is 5.69 Å². The van der Waals surface area contributed by atoms with Gasteiger partial charge in [0.25, 0.3) is 5.56 Å². The summed E-state index contributed by atoms with van der Waals surface area (Å²) in [7, 11) is 0. The van der Waals surface area contributed by atoms with Gasteiger partial charge in [-0.2, -0.15) is 9.78 Å². The predicted octanol–water partition coefficient (Wildman–Crippen LogP) is 3.95. The highest BCUT2D eigenvalue weighted by Gasteiger charge is 2.28. The third-order valence-electron chi connectivity index (χ3n) is 4.55. The van der Waals surface area contributed by atoms with Crippen LogP contribution in [-0.2, 0) is 4.74 Å². The number of nitrogens with one attached hydrogen (secondary N) is 1. The summed E-state index contributed by atoms with van der Waals surface area (Å²) in [5.74, 6) is 0. The number of carbonyl (C=O) groups is 1. The fraction of sp³-hybridized carbons (Fsp3) is 0.450. The minimum atomic E-state index is -0.557. The average molecular weight is 439 g/mol. The van der Waals surface area contributed by atoms with Crippen molar-refractivity contribution in [2.24, 2.45) is 0 Å². The van der Waals surface area contributed by atoms with E-state index in [1.165, 1.54) is 4.68 Å². The quantitative estimate of drug-likeness (QED) is 0.784. The first kappa shape index (κ1) is 21.5. The molecule has 1 N–H and O–H groups in total. The van der Waals surface area contributed by atoms with Crippen molar-refractivity contribution >= 4 is 35.0 Å². The first-order valence-electron chi connectivity index (χ1n) is 9.34. The second kappa shape index (κ2) is 8.24. The number of aryl methyl sites for hydroxylation is 1. The zero-order valence-electron chi connectivity index (χ0n) is 16.8. The third-order valence-corrected chi connectivity index (χ3v) is 5.31. The maximum Gasteiger partial charge on any atom is 0.407 e. The largest absolute Gasteiger partial charge is 0.444 e. The highest BCUT2D eigenvalue weighted by Crippen LogP contribution is 2.26. The summed E-state index contributed by atoms with van der Waals surface area (Å²) in [6.07, 6.45) is 1.82. The molecule has 0 radical (unpaired) electrons. The molecule has 7 nitrogen and oxygen atoms in total. The summed E-state index contributed by atoms with van der Waals surface area (Å²) in [5, 5.41) is 7.75. The molecule has 1 aliphatic heterocycles. The van der Waals surface area contributed by atoms with Crippen molar-refractivity contribution in [3.63, 3.8) is 0 Å². The van der Waals surface area contributed by atoms with E-state index in [9.17, 15) is 9.59 Å². The molecule has 1 atom stereocenters. The maximum absolute atomic E-state index is 12.8. The number of rotatable bonds is 3. The number of carbonyl (C=O) groups excluding carboxylic acids is 1. The fourth-order valence-corrected chi connectivity index (χ4v) is 3.54. The maximum atomic E-state index is 12.8. The van der Waals surface area contributed by atoms with Crippen molar-refractivity contribution in [2.75, 3.05) is 18.0 Å². The summed E-state index contributed by atoms with van der Waals surface area (Å²) in [6.45, 7) is 8.48. The van der Waals surface area contributed by atoms with Crippen molar-refractivity contribution in [1.82, 2.24) is 15.1 Å². The van der Waals surface area contributed by atoms with Crippen LogP contribution in [0.5, 0.6) is 0 Å². The lowest BCUT2D eigenvalue weighted by atomic mass is 10.2. The van der Waals surface area contributed by atoms with E-state index in [1.54, 1.807) is 18.3 Å². The van der Waals surface area contributed by atoms with Crippen LogP contribution in [0.2, 0.25) is 10.0 Å². The highest BCUT2D eigenvalue weighted by molar-refractivity contribution is 6.33. The van der Waals surface area contributed by atoms with Crippen LogP contribution < -0.4 is 15.8 Å². The minimum absolute atomic E-state index is 0.0783. The molecule has 0 saturated carbocycles. The molecule has 1 unspecified atom stereocenters. The van der Waals surface area contributed by atoms with Crippen molar-refractivity contribution in [2.45, 2.75) is 45.8 Å². The number of halogens is 2. The summed E-state index contributed by atoms with van der Waals surface area (Å²) in [5.41, 5.74) is 1.02. The Balaban J connectivity index is 1.75. The smallest absolute Gasteiger partial charge is 0.407 e. The van der Waals surface area contributed by atoms with Crippen LogP contribution >= 0.6 is 23.2 Å². The molecule has 156 valence electrons. The van der Waals surface area contributed by atoms with E-state index in [-0.39, 0.29) is 11.1 Å². The highest BCUT2D eigenvalue weighted by atomic mass is 35.5. The zero-order valence-corrected chi connectivity index (χ0v) is 18.3. The van der Waals surface area contributed by atoms with Crippen LogP contribution in [0.15, 0.2) is 29.2 Å². The molecule has 1 aromatic heterocycles. The Bertz CT molecular complexity index is 985. The lowest BCUT2D eigenvalue weighted by Crippen LogP contribution is -2.40. The summed E-state index contributed by atoms with van der Waals surface area (Å²) >= 11 is 12.5. The lowest BCUT2D eigenvalue weighted by Gasteiger charge is -2.22. The van der Waals surface area contributed by atoms with Crippen molar-refractivity contribution in [3.05, 3.63) is 50.4 Å². The standard InChI is InChI=1S/C20H24Cl2N4O3/c1-12-5-6-14(9-15(12)21)26-18(27)17(22)16(10-23-26)25-8-7-13(11-25)24-19(28)29-20(2,3)4/h5-6,9-10,13H,7-8,11H2,1-4H3,(H,24,28). The molecular formula is C20H24Cl2N4O3. The van der Waals surface area contributed by atoms with Gasteiger partial charge in [-0.1, -0.05) is 29.3 Å². The molecule has 29 heavy (non-hydrogen) atoms. The van der Waals surface area contributed by atoms with Crippen molar-refractivity contribution in [1.29, 1.82) is 0 Å². The van der Waals surface area contributed by atoms with Crippen LogP contribution in [-0.4, -0.2) is 40.6 Å². The molecule has 1 saturated heterocycles. The second-order valence-electron chi connectivity index (χ2n) is 8.07. The van der Waals surface area contributed by atoms with Gasteiger partial charge in [-0.3, -0.25) is 4.79 Å². The molecule has 2 heterocycles. The molecule has 2 aromatic rings. The van der Waals surface area contributed by atoms with Gasteiger partial charge >= 0.3 is 6.09 Å². The molecule has 1 amide bonds. The fourth-order valence-electron chi connectivity index (χ4n) is 3.11. The predicted molar refractivity (Wildman–Crippen MR) is 115 cm³/mol. The van der Waals surface area contributed by atoms with Gasteiger partial charge in [0.2, 0.25) is 0 Å². The Morgan fingerprint density at radius 2 is 2.03 bits per heavy atom. The zero-order chi connectivity index (χ0) is 21.3. The van der Waals surface area contributed by atoms with E-state index in [4.69, 9.17) is 27.9 Å². The van der Waals surface area contributed by atoms with Gasteiger partial charge < -0.3 is 15.0 Å². The topological polar surface area (TPSA) is 76.5 Å². The van der Waals surface area contributed by atoms with Gasteiger partial charge in [-0.05, 0) is 51.8 Å². The van der Waals surface area contributed by atoms with Crippen molar-refractivity contribution < 1.29 is 9.53 Å². The summed E-state index contributed by atoms with van der Waals surface area (Å²) in [4.78, 5) is 26.7. The number of benzene rings is 1. The van der Waals surface area contributed by atoms with E-state index < -0.39 is 17.3 Å². The van der Waals surface area contributed by atoms with E-state index in [1.807, 2.05) is 38.7 Å². The number of hydrogen-bond donors (Lipinski definition) is 1. The lowest BCUT2D eigenvalue weighted by molar-refractivity contribution is 0.0509. The Morgan fingerprint density at radius 3 is 2.69 bits per heavy atom. The molecular weight excluding hydrogens is 415 g/mol. The molecule has 0 aliphatic carbocycles. The summed E-state index contributed by atoms with van der Waals surface area (Å²) < 4.78 is 6.52. The Hall–Kier alpha value is -2.25. The van der Waals surface area contributed by atoms with Gasteiger partial charge in [0, 0.05) is 18.1 Å². The van der Waals surface area contributed by atoms with Gasteiger partial charge in [0.1, 0.15) is 10.6 Å². The van der Waals surface area contributed by atoms with Crippen LogP contribution in [0, 0.1) is 6.92 Å². The van der Waals surface area contributed by atoms with Gasteiger partial charge in [0.05, 0.1) is 23.6 Å². The molecule has 0 bridgehead atoms. The number of amides is 1. The van der Waals surface area contributed by atoms with E-state index in [2.05, 4.69) is 10.4 Å². The molecule has 1 fully saturated rings. The minimum Gasteiger partial charge on any atom is -0.444 e. The first-order valence-corrected chi connectivity index (χ1v) is 10.1. The molecule has 1 aliphatic rings. The number of anilines is 1. The van der Waals surface area contributed by atoms with Crippen molar-refractivity contribution in [3.8, 4) is 5.69 Å². The monoisotopic (exact) mass is 438 g/mol. The second-order valence-corrected chi connectivity index (χ2v) is 8.86. The van der Waals surface area contributed by atoms with E-state index in [0.29, 0.717) is 35.9 Å². The van der Waals surface area contributed by atoms with Crippen LogP contribution in [0.4, 0.5) is 10.5 Å². The number of alkyl carbamates (subject to hydrolysis) is 1. The number of hydrogen-bond acceptors (Lipinski definition) is 5. The Kier molecular flexibility index (Phi) is 6.10. The van der Waals surface area contributed by atoms with E-state index in [0.717, 1.165) is 5.56 Å². The number of aromatic nitrogens is 2. The Morgan fingerprint density at radius 1 is 1.31 bits per heavy atom. The van der Waals surface area contributed by atoms with Crippen LogP contribution in [0.1, 0.15) is 32.8 Å². The molecule has 0 spiro atoms. The summed E-state index contributed by atoms with van der Waals surface area (Å²) in [6, 6.07) is 5.17. The molecule has 9 heteroatoms. The van der Waals surface area contributed by atoms with Gasteiger partial charge in [0.15, 0.2) is 0 Å². The molecule has 1 aromatic carbocycles. The third kappa shape index (κ3) is 5.03. The SMILES string of the molecule is Cc1ccc(-n2ncc(N3CCC(NC(=O)OC(C)(C)C)C3)c(Cl)c2=O)cc1Cl.